The van der Waals surface area contributed by atoms with Crippen molar-refractivity contribution in [1.29, 1.82) is 0 Å². The van der Waals surface area contributed by atoms with Crippen molar-refractivity contribution in [2.45, 2.75) is 0 Å². The van der Waals surface area contributed by atoms with Crippen molar-refractivity contribution in [2.24, 2.45) is 0 Å². The van der Waals surface area contributed by atoms with Gasteiger partial charge in [-0.05, 0) is 46.9 Å². The van der Waals surface area contributed by atoms with E-state index in [0.29, 0.717) is 5.56 Å². The number of carbonyl (C=O) groups excluding carboxylic acids is 1. The highest BCUT2D eigenvalue weighted by atomic mass is 127. The highest BCUT2D eigenvalue weighted by Crippen LogP contribution is 2.12. The van der Waals surface area contributed by atoms with Gasteiger partial charge in [-0.1, -0.05) is 5.16 Å². The van der Waals surface area contributed by atoms with Crippen molar-refractivity contribution in [3.63, 3.8) is 0 Å². The Labute approximate surface area is 99.8 Å². The molecule has 0 atom stereocenters. The molecule has 0 radical (unpaired) electrons. The van der Waals surface area contributed by atoms with Crippen LogP contribution >= 0.6 is 22.6 Å². The number of aromatic nitrogens is 1. The molecule has 0 spiro atoms. The first-order chi connectivity index (χ1) is 7.25. The van der Waals surface area contributed by atoms with Gasteiger partial charge in [0.1, 0.15) is 6.26 Å². The van der Waals surface area contributed by atoms with E-state index in [4.69, 9.17) is 0 Å². The zero-order chi connectivity index (χ0) is 10.7. The number of hydrogen-bond acceptors (Lipinski definition) is 3. The molecule has 1 aromatic heterocycles. The normalized spacial score (nSPS) is 9.93. The molecule has 0 bridgehead atoms. The molecular formula is C10H7IN2O2. The molecule has 76 valence electrons. The van der Waals surface area contributed by atoms with Gasteiger partial charge in [0.25, 0.3) is 5.91 Å². The summed E-state index contributed by atoms with van der Waals surface area (Å²) in [5.74, 6) is -0.225. The number of halogens is 1. The fourth-order valence-corrected chi connectivity index (χ4v) is 1.41. The summed E-state index contributed by atoms with van der Waals surface area (Å²) in [6, 6.07) is 7.52. The Bertz CT molecular complexity index is 451. The SMILES string of the molecule is O=C(Nc1ccc(I)cc1)c1cnoc1. The monoisotopic (exact) mass is 314 g/mol. The number of hydrogen-bond donors (Lipinski definition) is 1. The molecule has 0 aliphatic rings. The molecule has 0 saturated heterocycles. The molecule has 2 rings (SSSR count). The van der Waals surface area contributed by atoms with E-state index in [2.05, 4.69) is 37.6 Å². The van der Waals surface area contributed by atoms with Crippen LogP contribution in [0.25, 0.3) is 0 Å². The lowest BCUT2D eigenvalue weighted by molar-refractivity contribution is 0.102. The van der Waals surface area contributed by atoms with Gasteiger partial charge in [-0.25, -0.2) is 0 Å². The largest absolute Gasteiger partial charge is 0.364 e. The van der Waals surface area contributed by atoms with Gasteiger partial charge >= 0.3 is 0 Å². The van der Waals surface area contributed by atoms with Crippen LogP contribution in [-0.4, -0.2) is 11.1 Å². The molecule has 1 amide bonds. The maximum atomic E-state index is 11.5. The van der Waals surface area contributed by atoms with Crippen LogP contribution in [0.15, 0.2) is 41.2 Å². The topological polar surface area (TPSA) is 55.1 Å². The molecule has 1 aromatic carbocycles. The van der Waals surface area contributed by atoms with Crippen LogP contribution in [0.1, 0.15) is 10.4 Å². The van der Waals surface area contributed by atoms with Gasteiger partial charge in [0.2, 0.25) is 0 Å². The van der Waals surface area contributed by atoms with E-state index in [1.807, 2.05) is 24.3 Å². The smallest absolute Gasteiger partial charge is 0.260 e. The summed E-state index contributed by atoms with van der Waals surface area (Å²) in [4.78, 5) is 11.5. The van der Waals surface area contributed by atoms with Gasteiger partial charge in [0, 0.05) is 9.26 Å². The lowest BCUT2D eigenvalue weighted by Crippen LogP contribution is -2.10. The molecule has 0 aliphatic carbocycles. The van der Waals surface area contributed by atoms with Crippen LogP contribution in [-0.2, 0) is 0 Å². The lowest BCUT2D eigenvalue weighted by Gasteiger charge is -2.02. The summed E-state index contributed by atoms with van der Waals surface area (Å²) in [6.07, 6.45) is 2.68. The summed E-state index contributed by atoms with van der Waals surface area (Å²) >= 11 is 2.20. The van der Waals surface area contributed by atoms with E-state index in [-0.39, 0.29) is 5.91 Å². The molecule has 1 heterocycles. The molecule has 5 heteroatoms. The Morgan fingerprint density at radius 3 is 2.67 bits per heavy atom. The lowest BCUT2D eigenvalue weighted by atomic mass is 10.3. The third-order valence-corrected chi connectivity index (χ3v) is 2.52. The second-order valence-electron chi connectivity index (χ2n) is 2.87. The first-order valence-corrected chi connectivity index (χ1v) is 5.30. The van der Waals surface area contributed by atoms with Crippen LogP contribution in [0.2, 0.25) is 0 Å². The summed E-state index contributed by atoms with van der Waals surface area (Å²) in [6.45, 7) is 0. The molecule has 1 N–H and O–H groups in total. The minimum absolute atomic E-state index is 0.225. The summed E-state index contributed by atoms with van der Waals surface area (Å²) in [5.41, 5.74) is 1.16. The van der Waals surface area contributed by atoms with E-state index in [1.54, 1.807) is 0 Å². The number of nitrogens with zero attached hydrogens (tertiary/aromatic N) is 1. The van der Waals surface area contributed by atoms with Gasteiger partial charge in [0.05, 0.1) is 11.8 Å². The molecule has 4 nitrogen and oxygen atoms in total. The van der Waals surface area contributed by atoms with Crippen LogP contribution in [0, 0.1) is 3.57 Å². The fraction of sp³-hybridized carbons (Fsp3) is 0. The Kier molecular flexibility index (Phi) is 3.00. The quantitative estimate of drug-likeness (QED) is 0.867. The maximum Gasteiger partial charge on any atom is 0.260 e. The third-order valence-electron chi connectivity index (χ3n) is 1.80. The molecule has 0 aliphatic heterocycles. The molecule has 15 heavy (non-hydrogen) atoms. The zero-order valence-corrected chi connectivity index (χ0v) is 9.76. The summed E-state index contributed by atoms with van der Waals surface area (Å²) < 4.78 is 5.70. The van der Waals surface area contributed by atoms with Gasteiger partial charge in [-0.15, -0.1) is 0 Å². The number of anilines is 1. The van der Waals surface area contributed by atoms with Crippen molar-refractivity contribution in [3.8, 4) is 0 Å². The van der Waals surface area contributed by atoms with E-state index in [0.717, 1.165) is 9.26 Å². The van der Waals surface area contributed by atoms with Gasteiger partial charge in [0.15, 0.2) is 0 Å². The van der Waals surface area contributed by atoms with Crippen molar-refractivity contribution in [3.05, 3.63) is 45.9 Å². The Morgan fingerprint density at radius 2 is 2.07 bits per heavy atom. The highest BCUT2D eigenvalue weighted by Gasteiger charge is 2.07. The van der Waals surface area contributed by atoms with Gasteiger partial charge in [-0.3, -0.25) is 4.79 Å². The third kappa shape index (κ3) is 2.56. The summed E-state index contributed by atoms with van der Waals surface area (Å²) in [5, 5.41) is 6.19. The average molecular weight is 314 g/mol. The van der Waals surface area contributed by atoms with Crippen LogP contribution in [0.5, 0.6) is 0 Å². The maximum absolute atomic E-state index is 11.5. The first kappa shape index (κ1) is 10.2. The number of benzene rings is 1. The van der Waals surface area contributed by atoms with E-state index in [1.165, 1.54) is 12.5 Å². The van der Waals surface area contributed by atoms with Crippen molar-refractivity contribution in [1.82, 2.24) is 5.16 Å². The number of rotatable bonds is 2. The highest BCUT2D eigenvalue weighted by molar-refractivity contribution is 14.1. The van der Waals surface area contributed by atoms with Gasteiger partial charge < -0.3 is 9.84 Å². The standard InChI is InChI=1S/C10H7IN2O2/c11-8-1-3-9(4-2-8)13-10(14)7-5-12-15-6-7/h1-6H,(H,13,14). The second kappa shape index (κ2) is 4.43. The molecular weight excluding hydrogens is 307 g/mol. The average Bonchev–Trinajstić information content (AvgIpc) is 2.74. The minimum Gasteiger partial charge on any atom is -0.364 e. The Morgan fingerprint density at radius 1 is 1.33 bits per heavy atom. The number of nitrogens with one attached hydrogen (secondary N) is 1. The fourth-order valence-electron chi connectivity index (χ4n) is 1.05. The van der Waals surface area contributed by atoms with Crippen molar-refractivity contribution >= 4 is 34.2 Å². The first-order valence-electron chi connectivity index (χ1n) is 4.22. The van der Waals surface area contributed by atoms with Crippen molar-refractivity contribution < 1.29 is 9.32 Å². The van der Waals surface area contributed by atoms with E-state index in [9.17, 15) is 4.79 Å². The summed E-state index contributed by atoms with van der Waals surface area (Å²) in [7, 11) is 0. The molecule has 0 fully saturated rings. The van der Waals surface area contributed by atoms with Crippen LogP contribution in [0.3, 0.4) is 0 Å². The van der Waals surface area contributed by atoms with E-state index < -0.39 is 0 Å². The second-order valence-corrected chi connectivity index (χ2v) is 4.12. The Balaban J connectivity index is 2.09. The van der Waals surface area contributed by atoms with E-state index >= 15 is 0 Å². The van der Waals surface area contributed by atoms with Crippen molar-refractivity contribution in [2.75, 3.05) is 5.32 Å². The number of carbonyl (C=O) groups is 1. The van der Waals surface area contributed by atoms with Gasteiger partial charge in [-0.2, -0.15) is 0 Å². The van der Waals surface area contributed by atoms with Crippen LogP contribution < -0.4 is 5.32 Å². The van der Waals surface area contributed by atoms with Crippen LogP contribution in [0.4, 0.5) is 5.69 Å². The Hall–Kier alpha value is -1.37. The number of amides is 1. The molecule has 2 aromatic rings. The minimum atomic E-state index is -0.225. The zero-order valence-electron chi connectivity index (χ0n) is 7.61. The predicted molar refractivity (Wildman–Crippen MR) is 63.6 cm³/mol. The molecule has 0 saturated carbocycles. The predicted octanol–water partition coefficient (Wildman–Crippen LogP) is 2.53. The molecule has 0 unspecified atom stereocenters.